The summed E-state index contributed by atoms with van der Waals surface area (Å²) in [6, 6.07) is 0. The second-order valence-electron chi connectivity index (χ2n) is 26.1. The molecule has 85 heavy (non-hydrogen) atoms. The molecule has 2 rings (SSSR count). The Kier molecular flexibility index (Phi) is 54.7. The quantitative estimate of drug-likeness (QED) is 0.0223. The van der Waals surface area contributed by atoms with Crippen LogP contribution in [0.25, 0.3) is 0 Å². The van der Waals surface area contributed by atoms with Gasteiger partial charge in [0.25, 0.3) is 0 Å². The fraction of sp³-hybridized carbons (Fsp3) is 0.986. The lowest BCUT2D eigenvalue weighted by atomic mass is 9.98. The summed E-state index contributed by atoms with van der Waals surface area (Å²) in [5, 5.41) is 72.7. The Hall–Kier alpha value is -1.01. The summed E-state index contributed by atoms with van der Waals surface area (Å²) < 4.78 is 34.6. The van der Waals surface area contributed by atoms with E-state index >= 15 is 0 Å². The molecule has 0 aliphatic carbocycles. The van der Waals surface area contributed by atoms with Gasteiger partial charge in [0.2, 0.25) is 0 Å². The molecule has 0 aromatic rings. The minimum Gasteiger partial charge on any atom is -0.457 e. The lowest BCUT2D eigenvalue weighted by molar-refractivity contribution is -0.332. The molecule has 0 radical (unpaired) electrons. The van der Waals surface area contributed by atoms with Crippen LogP contribution >= 0.6 is 0 Å². The van der Waals surface area contributed by atoms with E-state index in [1.807, 2.05) is 0 Å². The zero-order valence-corrected chi connectivity index (χ0v) is 55.1. The Balaban J connectivity index is 1.60. The van der Waals surface area contributed by atoms with Crippen LogP contribution in [-0.2, 0) is 33.2 Å². The van der Waals surface area contributed by atoms with Crippen LogP contribution in [0, 0.1) is 0 Å². The minimum absolute atomic E-state index is 0.0717. The van der Waals surface area contributed by atoms with Crippen LogP contribution in [0.4, 0.5) is 0 Å². The molecule has 506 valence electrons. The van der Waals surface area contributed by atoms with Gasteiger partial charge in [-0.3, -0.25) is 4.79 Å². The largest absolute Gasteiger partial charge is 0.457 e. The van der Waals surface area contributed by atoms with Gasteiger partial charge in [0.05, 0.1) is 26.4 Å². The molecule has 2 aliphatic rings. The summed E-state index contributed by atoms with van der Waals surface area (Å²) in [6.07, 6.45) is 51.9. The topological polar surface area (TPSA) is 214 Å². The van der Waals surface area contributed by atoms with Gasteiger partial charge in [0, 0.05) is 13.0 Å². The summed E-state index contributed by atoms with van der Waals surface area (Å²) in [6.45, 7) is 3.80. The first-order valence-corrected chi connectivity index (χ1v) is 36.6. The molecule has 11 atom stereocenters. The standard InChI is InChI=1S/C71H138O14/c1-3-5-7-9-11-13-15-17-19-21-23-25-27-29-31-33-35-37-39-41-43-45-47-49-51-53-55-80-57-60(58-81-70-69(79)67(77)65(75)62(85-70)59-82-71-68(78)66(76)64(74)61(56-72)84-71)83-63(73)54-52-50-48-46-44-42-40-38-36-34-32-30-28-26-24-22-20-18-16-14-12-10-8-6-4-2/h60-62,64-72,74-79H,3-59H2,1-2H3. The summed E-state index contributed by atoms with van der Waals surface area (Å²) in [7, 11) is 0. The maximum atomic E-state index is 13.2. The van der Waals surface area contributed by atoms with Gasteiger partial charge < -0.3 is 64.2 Å². The lowest BCUT2D eigenvalue weighted by Gasteiger charge is -2.42. The van der Waals surface area contributed by atoms with Crippen LogP contribution in [0.5, 0.6) is 0 Å². The van der Waals surface area contributed by atoms with Crippen molar-refractivity contribution in [2.45, 2.75) is 415 Å². The number of aliphatic hydroxyl groups is 7. The van der Waals surface area contributed by atoms with E-state index < -0.39 is 80.7 Å². The molecular formula is C71H138O14. The Morgan fingerprint density at radius 1 is 0.341 bits per heavy atom. The molecule has 0 spiro atoms. The Labute approximate surface area is 521 Å². The molecule has 14 heteroatoms. The molecule has 2 fully saturated rings. The lowest BCUT2D eigenvalue weighted by Crippen LogP contribution is -2.61. The van der Waals surface area contributed by atoms with E-state index in [2.05, 4.69) is 13.8 Å². The first-order chi connectivity index (χ1) is 41.6. The monoisotopic (exact) mass is 1220 g/mol. The molecule has 11 unspecified atom stereocenters. The SMILES string of the molecule is CCCCCCCCCCCCCCCCCCCCCCCCCCCCOCC(COC1OC(COC2OC(CO)C(O)C(O)C2O)C(O)C(O)C1O)OC(=O)CCCCCCCCCCCCCCCCCCCCCCCCCCC. The predicted octanol–water partition coefficient (Wildman–Crippen LogP) is 15.9. The Bertz CT molecular complexity index is 1410. The van der Waals surface area contributed by atoms with Crippen molar-refractivity contribution in [3.05, 3.63) is 0 Å². The number of aliphatic hydroxyl groups excluding tert-OH is 7. The average molecular weight is 1220 g/mol. The highest BCUT2D eigenvalue weighted by Gasteiger charge is 2.47. The van der Waals surface area contributed by atoms with Crippen LogP contribution in [-0.4, -0.2) is 142 Å². The number of ether oxygens (including phenoxy) is 6. The number of rotatable bonds is 63. The summed E-state index contributed by atoms with van der Waals surface area (Å²) in [5.74, 6) is -0.363. The molecule has 0 saturated carbocycles. The highest BCUT2D eigenvalue weighted by atomic mass is 16.7. The van der Waals surface area contributed by atoms with Crippen LogP contribution in [0.15, 0.2) is 0 Å². The first-order valence-electron chi connectivity index (χ1n) is 36.6. The van der Waals surface area contributed by atoms with Gasteiger partial charge in [0.15, 0.2) is 12.6 Å². The summed E-state index contributed by atoms with van der Waals surface area (Å²) in [4.78, 5) is 13.2. The Morgan fingerprint density at radius 2 is 0.624 bits per heavy atom. The second-order valence-corrected chi connectivity index (χ2v) is 26.1. The molecule has 2 saturated heterocycles. The number of carbonyl (C=O) groups is 1. The molecule has 0 aromatic carbocycles. The second kappa shape index (κ2) is 58.1. The van der Waals surface area contributed by atoms with Crippen molar-refractivity contribution in [2.24, 2.45) is 0 Å². The van der Waals surface area contributed by atoms with Crippen molar-refractivity contribution >= 4 is 5.97 Å². The van der Waals surface area contributed by atoms with Gasteiger partial charge in [-0.1, -0.05) is 328 Å². The normalized spacial score (nSPS) is 23.0. The average Bonchev–Trinajstić information content (AvgIpc) is 2.82. The van der Waals surface area contributed by atoms with Crippen LogP contribution in [0.2, 0.25) is 0 Å². The molecule has 2 heterocycles. The third kappa shape index (κ3) is 43.4. The number of unbranched alkanes of at least 4 members (excludes halogenated alkanes) is 49. The highest BCUT2D eigenvalue weighted by Crippen LogP contribution is 2.27. The van der Waals surface area contributed by atoms with Gasteiger partial charge in [0.1, 0.15) is 54.9 Å². The van der Waals surface area contributed by atoms with E-state index in [9.17, 15) is 40.5 Å². The van der Waals surface area contributed by atoms with E-state index in [0.29, 0.717) is 6.61 Å². The van der Waals surface area contributed by atoms with Crippen molar-refractivity contribution in [3.8, 4) is 0 Å². The van der Waals surface area contributed by atoms with Gasteiger partial charge in [-0.25, -0.2) is 0 Å². The third-order valence-corrected chi connectivity index (χ3v) is 18.1. The summed E-state index contributed by atoms with van der Waals surface area (Å²) in [5.41, 5.74) is 0. The fourth-order valence-electron chi connectivity index (χ4n) is 12.3. The highest BCUT2D eigenvalue weighted by molar-refractivity contribution is 5.69. The van der Waals surface area contributed by atoms with Gasteiger partial charge in [-0.15, -0.1) is 0 Å². The van der Waals surface area contributed by atoms with Crippen molar-refractivity contribution in [1.29, 1.82) is 0 Å². The number of hydrogen-bond acceptors (Lipinski definition) is 14. The van der Waals surface area contributed by atoms with E-state index in [1.165, 1.54) is 283 Å². The maximum absolute atomic E-state index is 13.2. The molecule has 14 nitrogen and oxygen atoms in total. The van der Waals surface area contributed by atoms with Gasteiger partial charge in [-0.2, -0.15) is 0 Å². The van der Waals surface area contributed by atoms with Crippen molar-refractivity contribution in [3.63, 3.8) is 0 Å². The van der Waals surface area contributed by atoms with E-state index in [1.54, 1.807) is 0 Å². The molecule has 7 N–H and O–H groups in total. The maximum Gasteiger partial charge on any atom is 0.306 e. The molecular weight excluding hydrogens is 1080 g/mol. The number of carbonyl (C=O) groups excluding carboxylic acids is 1. The zero-order valence-electron chi connectivity index (χ0n) is 55.1. The third-order valence-electron chi connectivity index (χ3n) is 18.1. The molecule has 2 aliphatic heterocycles. The van der Waals surface area contributed by atoms with Gasteiger partial charge >= 0.3 is 5.97 Å². The van der Waals surface area contributed by atoms with E-state index in [-0.39, 0.29) is 25.6 Å². The van der Waals surface area contributed by atoms with E-state index in [0.717, 1.165) is 44.9 Å². The number of esters is 1. The Morgan fingerprint density at radius 3 is 0.953 bits per heavy atom. The van der Waals surface area contributed by atoms with Crippen LogP contribution in [0.1, 0.15) is 348 Å². The van der Waals surface area contributed by atoms with Crippen molar-refractivity contribution < 1.29 is 69.0 Å². The molecule has 0 aromatic heterocycles. The molecule has 0 amide bonds. The van der Waals surface area contributed by atoms with E-state index in [4.69, 9.17) is 28.4 Å². The summed E-state index contributed by atoms with van der Waals surface area (Å²) >= 11 is 0. The first kappa shape index (κ1) is 80.1. The number of hydrogen-bond donors (Lipinski definition) is 7. The smallest absolute Gasteiger partial charge is 0.306 e. The molecule has 0 bridgehead atoms. The fourth-order valence-corrected chi connectivity index (χ4v) is 12.3. The van der Waals surface area contributed by atoms with Crippen molar-refractivity contribution in [2.75, 3.05) is 33.0 Å². The minimum atomic E-state index is -1.70. The van der Waals surface area contributed by atoms with Gasteiger partial charge in [-0.05, 0) is 12.8 Å². The van der Waals surface area contributed by atoms with Crippen molar-refractivity contribution in [1.82, 2.24) is 0 Å². The zero-order chi connectivity index (χ0) is 61.5. The predicted molar refractivity (Wildman–Crippen MR) is 344 cm³/mol. The van der Waals surface area contributed by atoms with Crippen LogP contribution in [0.3, 0.4) is 0 Å². The van der Waals surface area contributed by atoms with Crippen LogP contribution < -0.4 is 0 Å².